The third-order valence-electron chi connectivity index (χ3n) is 3.88. The molecule has 0 radical (unpaired) electrons. The standard InChI is InChI=1S/C15H17N3O2/c19-12-9-11(18-10-5-3-1-2-4-6-10)15(20)14-13(12)16-7-8-17-14/h7-10,18H,1-6H2. The fourth-order valence-electron chi connectivity index (χ4n) is 2.83. The Morgan fingerprint density at radius 2 is 1.60 bits per heavy atom. The second-order valence-corrected chi connectivity index (χ2v) is 5.34. The molecule has 1 saturated carbocycles. The van der Waals surface area contributed by atoms with Crippen molar-refractivity contribution in [2.24, 2.45) is 0 Å². The number of nitrogens with zero attached hydrogens (tertiary/aromatic N) is 2. The van der Waals surface area contributed by atoms with Crippen LogP contribution in [-0.4, -0.2) is 27.6 Å². The molecule has 0 spiro atoms. The first-order chi connectivity index (χ1) is 9.75. The van der Waals surface area contributed by atoms with Gasteiger partial charge in [-0.05, 0) is 12.8 Å². The number of hydrogen-bond donors (Lipinski definition) is 1. The van der Waals surface area contributed by atoms with Gasteiger partial charge in [0.2, 0.25) is 11.6 Å². The molecule has 0 atom stereocenters. The number of carbonyl (C=O) groups excluding carboxylic acids is 2. The molecule has 104 valence electrons. The monoisotopic (exact) mass is 271 g/mol. The fourth-order valence-corrected chi connectivity index (χ4v) is 2.83. The van der Waals surface area contributed by atoms with Crippen molar-refractivity contribution < 1.29 is 9.59 Å². The van der Waals surface area contributed by atoms with Gasteiger partial charge in [0.05, 0.1) is 5.70 Å². The van der Waals surface area contributed by atoms with E-state index in [4.69, 9.17) is 0 Å². The summed E-state index contributed by atoms with van der Waals surface area (Å²) < 4.78 is 0. The molecule has 5 nitrogen and oxygen atoms in total. The number of aromatic nitrogens is 2. The van der Waals surface area contributed by atoms with Crippen LogP contribution in [0.2, 0.25) is 0 Å². The van der Waals surface area contributed by atoms with Crippen LogP contribution in [0.3, 0.4) is 0 Å². The number of fused-ring (bicyclic) bond motifs is 1. The van der Waals surface area contributed by atoms with Gasteiger partial charge in [0.25, 0.3) is 0 Å². The van der Waals surface area contributed by atoms with Crippen molar-refractivity contribution in [1.82, 2.24) is 15.3 Å². The van der Waals surface area contributed by atoms with Gasteiger partial charge in [-0.3, -0.25) is 9.59 Å². The summed E-state index contributed by atoms with van der Waals surface area (Å²) in [5, 5.41) is 3.24. The summed E-state index contributed by atoms with van der Waals surface area (Å²) in [6, 6.07) is 0.277. The molecular formula is C15H17N3O2. The minimum atomic E-state index is -0.246. The summed E-state index contributed by atoms with van der Waals surface area (Å²) in [7, 11) is 0. The zero-order chi connectivity index (χ0) is 13.9. The highest BCUT2D eigenvalue weighted by molar-refractivity contribution is 6.22. The lowest BCUT2D eigenvalue weighted by Crippen LogP contribution is -2.35. The molecule has 1 aromatic rings. The largest absolute Gasteiger partial charge is 0.379 e. The van der Waals surface area contributed by atoms with Gasteiger partial charge in [0.15, 0.2) is 0 Å². The van der Waals surface area contributed by atoms with Crippen LogP contribution in [0.15, 0.2) is 24.2 Å². The number of carbonyl (C=O) groups is 2. The Hall–Kier alpha value is -2.04. The summed E-state index contributed by atoms with van der Waals surface area (Å²) in [4.78, 5) is 32.3. The summed E-state index contributed by atoms with van der Waals surface area (Å²) in [5.41, 5.74) is 0.690. The van der Waals surface area contributed by atoms with E-state index in [1.54, 1.807) is 0 Å². The number of rotatable bonds is 2. The van der Waals surface area contributed by atoms with Gasteiger partial charge in [0, 0.05) is 24.5 Å². The summed E-state index contributed by atoms with van der Waals surface area (Å²) in [5.74, 6) is -0.472. The third-order valence-corrected chi connectivity index (χ3v) is 3.88. The minimum absolute atomic E-state index is 0.156. The molecule has 3 rings (SSSR count). The Kier molecular flexibility index (Phi) is 3.58. The molecule has 0 aromatic carbocycles. The van der Waals surface area contributed by atoms with E-state index in [1.165, 1.54) is 44.2 Å². The van der Waals surface area contributed by atoms with Gasteiger partial charge in [-0.1, -0.05) is 25.7 Å². The van der Waals surface area contributed by atoms with Crippen molar-refractivity contribution in [3.05, 3.63) is 35.6 Å². The van der Waals surface area contributed by atoms with Crippen LogP contribution < -0.4 is 5.32 Å². The lowest BCUT2D eigenvalue weighted by molar-refractivity contribution is 0.0968. The lowest BCUT2D eigenvalue weighted by Gasteiger charge is -2.21. The van der Waals surface area contributed by atoms with Gasteiger partial charge >= 0.3 is 0 Å². The number of nitrogens with one attached hydrogen (secondary N) is 1. The van der Waals surface area contributed by atoms with Crippen molar-refractivity contribution in [3.8, 4) is 0 Å². The van der Waals surface area contributed by atoms with Gasteiger partial charge in [-0.15, -0.1) is 0 Å². The van der Waals surface area contributed by atoms with Crippen molar-refractivity contribution in [2.75, 3.05) is 0 Å². The smallest absolute Gasteiger partial charge is 0.229 e. The van der Waals surface area contributed by atoms with Gasteiger partial charge in [0.1, 0.15) is 11.4 Å². The Bertz CT molecular complexity index is 572. The molecule has 1 N–H and O–H groups in total. The van der Waals surface area contributed by atoms with Gasteiger partial charge in [-0.2, -0.15) is 0 Å². The van der Waals surface area contributed by atoms with Crippen molar-refractivity contribution >= 4 is 11.6 Å². The van der Waals surface area contributed by atoms with Crippen molar-refractivity contribution in [2.45, 2.75) is 44.6 Å². The molecule has 0 bridgehead atoms. The summed E-state index contributed by atoms with van der Waals surface area (Å²) in [6.45, 7) is 0. The van der Waals surface area contributed by atoms with E-state index >= 15 is 0 Å². The molecule has 2 aliphatic carbocycles. The number of allylic oxidation sites excluding steroid dienone is 2. The Balaban J connectivity index is 1.81. The molecule has 0 unspecified atom stereocenters. The van der Waals surface area contributed by atoms with Crippen LogP contribution >= 0.6 is 0 Å². The molecule has 1 heterocycles. The lowest BCUT2D eigenvalue weighted by atomic mass is 10.00. The normalized spacial score (nSPS) is 20.1. The van der Waals surface area contributed by atoms with E-state index in [0.717, 1.165) is 12.8 Å². The Morgan fingerprint density at radius 1 is 0.950 bits per heavy atom. The van der Waals surface area contributed by atoms with E-state index in [0.29, 0.717) is 5.70 Å². The van der Waals surface area contributed by atoms with Crippen LogP contribution in [0.5, 0.6) is 0 Å². The maximum atomic E-state index is 12.3. The summed E-state index contributed by atoms with van der Waals surface area (Å²) in [6.07, 6.45) is 11.2. The first-order valence-corrected chi connectivity index (χ1v) is 7.14. The topological polar surface area (TPSA) is 72.0 Å². The Morgan fingerprint density at radius 3 is 2.30 bits per heavy atom. The number of hydrogen-bond acceptors (Lipinski definition) is 5. The molecule has 0 amide bonds. The predicted molar refractivity (Wildman–Crippen MR) is 73.4 cm³/mol. The maximum Gasteiger partial charge on any atom is 0.229 e. The fraction of sp³-hybridized carbons (Fsp3) is 0.467. The molecule has 0 saturated heterocycles. The molecule has 5 heteroatoms. The SMILES string of the molecule is O=C1C=C(NC2CCCCCC2)C(=O)c2nccnc21. The van der Waals surface area contributed by atoms with E-state index in [2.05, 4.69) is 15.3 Å². The van der Waals surface area contributed by atoms with E-state index < -0.39 is 0 Å². The van der Waals surface area contributed by atoms with E-state index in [9.17, 15) is 9.59 Å². The maximum absolute atomic E-state index is 12.3. The molecule has 2 aliphatic rings. The molecule has 1 fully saturated rings. The van der Waals surface area contributed by atoms with Gasteiger partial charge < -0.3 is 5.32 Å². The predicted octanol–water partition coefficient (Wildman–Crippen LogP) is 2.05. The first-order valence-electron chi connectivity index (χ1n) is 7.14. The zero-order valence-corrected chi connectivity index (χ0v) is 11.3. The van der Waals surface area contributed by atoms with E-state index in [1.807, 2.05) is 0 Å². The third kappa shape index (κ3) is 2.48. The molecule has 20 heavy (non-hydrogen) atoms. The number of ketones is 2. The average molecular weight is 271 g/mol. The van der Waals surface area contributed by atoms with Crippen LogP contribution in [0, 0.1) is 0 Å². The van der Waals surface area contributed by atoms with Crippen LogP contribution in [0.1, 0.15) is 59.5 Å². The van der Waals surface area contributed by atoms with Crippen LogP contribution in [0.25, 0.3) is 0 Å². The average Bonchev–Trinajstić information content (AvgIpc) is 2.73. The van der Waals surface area contributed by atoms with Crippen molar-refractivity contribution in [1.29, 1.82) is 0 Å². The highest BCUT2D eigenvalue weighted by Gasteiger charge is 2.29. The quantitative estimate of drug-likeness (QED) is 0.833. The van der Waals surface area contributed by atoms with Gasteiger partial charge in [-0.25, -0.2) is 9.97 Å². The van der Waals surface area contributed by atoms with Crippen LogP contribution in [0.4, 0.5) is 0 Å². The highest BCUT2D eigenvalue weighted by Crippen LogP contribution is 2.21. The summed E-state index contributed by atoms with van der Waals surface area (Å²) >= 11 is 0. The first kappa shape index (κ1) is 13.0. The van der Waals surface area contributed by atoms with E-state index in [-0.39, 0.29) is 29.0 Å². The zero-order valence-electron chi connectivity index (χ0n) is 11.3. The Labute approximate surface area is 117 Å². The minimum Gasteiger partial charge on any atom is -0.379 e. The van der Waals surface area contributed by atoms with Crippen LogP contribution in [-0.2, 0) is 0 Å². The second kappa shape index (κ2) is 5.53. The van der Waals surface area contributed by atoms with Crippen molar-refractivity contribution in [3.63, 3.8) is 0 Å². The molecule has 0 aliphatic heterocycles. The number of Topliss-reactive ketones (excluding diaryl/α,β-unsaturated/α-hetero) is 1. The second-order valence-electron chi connectivity index (χ2n) is 5.34. The molecular weight excluding hydrogens is 254 g/mol. The molecule has 1 aromatic heterocycles. The highest BCUT2D eigenvalue weighted by atomic mass is 16.1.